The van der Waals surface area contributed by atoms with E-state index < -0.39 is 0 Å². The molecule has 1 saturated heterocycles. The highest BCUT2D eigenvalue weighted by atomic mass is 16.5. The average molecular weight is 100 g/mol. The van der Waals surface area contributed by atoms with Crippen LogP contribution in [0.1, 0.15) is 6.42 Å². The lowest BCUT2D eigenvalue weighted by Gasteiger charge is -1.96. The quantitative estimate of drug-likeness (QED) is 0.509. The van der Waals surface area contributed by atoms with Crippen LogP contribution in [-0.4, -0.2) is 13.2 Å². The van der Waals surface area contributed by atoms with Crippen LogP contribution in [0.3, 0.4) is 0 Å². The Balaban J connectivity index is 2.14. The van der Waals surface area contributed by atoms with Gasteiger partial charge in [0.15, 0.2) is 0 Å². The minimum absolute atomic E-state index is 0.528. The van der Waals surface area contributed by atoms with Gasteiger partial charge in [0.25, 0.3) is 0 Å². The fourth-order valence-corrected chi connectivity index (χ4v) is 0.665. The molecule has 7 heavy (non-hydrogen) atoms. The molecule has 1 heterocycles. The molecule has 0 amide bonds. The number of nitrogens with two attached hydrogens (primary N) is 1. The second kappa shape index (κ2) is 2.28. The van der Waals surface area contributed by atoms with Crippen molar-refractivity contribution >= 4 is 0 Å². The van der Waals surface area contributed by atoms with Crippen LogP contribution in [0.2, 0.25) is 0 Å². The van der Waals surface area contributed by atoms with Gasteiger partial charge in [0.1, 0.15) is 0 Å². The second-order valence-electron chi connectivity index (χ2n) is 1.79. The molecular formula is C5H10NO. The fraction of sp³-hybridized carbons (Fsp3) is 0.800. The van der Waals surface area contributed by atoms with Gasteiger partial charge in [-0.1, -0.05) is 0 Å². The Hall–Kier alpha value is -0.0800. The summed E-state index contributed by atoms with van der Waals surface area (Å²) in [5, 5.41) is 0. The number of hydrogen-bond donors (Lipinski definition) is 1. The van der Waals surface area contributed by atoms with Crippen LogP contribution in [-0.2, 0) is 4.74 Å². The van der Waals surface area contributed by atoms with Crippen molar-refractivity contribution in [1.82, 2.24) is 0 Å². The summed E-state index contributed by atoms with van der Waals surface area (Å²) < 4.78 is 4.94. The third-order valence-electron chi connectivity index (χ3n) is 1.20. The van der Waals surface area contributed by atoms with Gasteiger partial charge in [-0.3, -0.25) is 0 Å². The van der Waals surface area contributed by atoms with Crippen molar-refractivity contribution in [2.75, 3.05) is 13.2 Å². The maximum Gasteiger partial charge on any atom is 0.0880 e. The Morgan fingerprint density at radius 3 is 3.00 bits per heavy atom. The van der Waals surface area contributed by atoms with E-state index in [1.807, 2.05) is 6.61 Å². The Morgan fingerprint density at radius 2 is 2.71 bits per heavy atom. The van der Waals surface area contributed by atoms with E-state index in [0.717, 1.165) is 19.6 Å². The Bertz CT molecular complexity index is 50.0. The lowest BCUT2D eigenvalue weighted by Crippen LogP contribution is -2.10. The zero-order valence-electron chi connectivity index (χ0n) is 4.26. The molecule has 1 atom stereocenters. The minimum Gasteiger partial charge on any atom is -0.375 e. The Morgan fingerprint density at radius 1 is 1.86 bits per heavy atom. The molecule has 41 valence electrons. The first kappa shape index (κ1) is 5.06. The number of hydrogen-bond acceptors (Lipinski definition) is 2. The van der Waals surface area contributed by atoms with Gasteiger partial charge < -0.3 is 10.5 Å². The van der Waals surface area contributed by atoms with Crippen LogP contribution >= 0.6 is 0 Å². The van der Waals surface area contributed by atoms with Gasteiger partial charge in [0.2, 0.25) is 0 Å². The van der Waals surface area contributed by atoms with Crippen molar-refractivity contribution in [2.24, 2.45) is 11.7 Å². The van der Waals surface area contributed by atoms with E-state index in [-0.39, 0.29) is 0 Å². The third kappa shape index (κ3) is 1.14. The van der Waals surface area contributed by atoms with Crippen LogP contribution < -0.4 is 5.73 Å². The molecule has 0 aliphatic carbocycles. The summed E-state index contributed by atoms with van der Waals surface area (Å²) in [7, 11) is 0. The monoisotopic (exact) mass is 100 g/mol. The minimum atomic E-state index is 0.528. The molecule has 1 radical (unpaired) electrons. The highest BCUT2D eigenvalue weighted by Crippen LogP contribution is 2.13. The first-order valence-corrected chi connectivity index (χ1v) is 2.58. The van der Waals surface area contributed by atoms with E-state index in [4.69, 9.17) is 10.5 Å². The summed E-state index contributed by atoms with van der Waals surface area (Å²) in [5.74, 6) is 0.528. The summed E-state index contributed by atoms with van der Waals surface area (Å²) in [5.41, 5.74) is 5.32. The summed E-state index contributed by atoms with van der Waals surface area (Å²) in [6.07, 6.45) is 1.11. The van der Waals surface area contributed by atoms with E-state index in [0.29, 0.717) is 5.92 Å². The predicted molar refractivity (Wildman–Crippen MR) is 27.4 cm³/mol. The molecule has 2 heteroatoms. The van der Waals surface area contributed by atoms with Crippen molar-refractivity contribution < 1.29 is 4.74 Å². The summed E-state index contributed by atoms with van der Waals surface area (Å²) in [6.45, 7) is 3.43. The van der Waals surface area contributed by atoms with Crippen molar-refractivity contribution in [1.29, 1.82) is 0 Å². The van der Waals surface area contributed by atoms with Gasteiger partial charge in [-0.05, 0) is 13.0 Å². The van der Waals surface area contributed by atoms with Crippen LogP contribution in [0.5, 0.6) is 0 Å². The van der Waals surface area contributed by atoms with Gasteiger partial charge in [-0.15, -0.1) is 0 Å². The molecule has 1 unspecified atom stereocenters. The van der Waals surface area contributed by atoms with Gasteiger partial charge >= 0.3 is 0 Å². The van der Waals surface area contributed by atoms with E-state index in [9.17, 15) is 0 Å². The van der Waals surface area contributed by atoms with Crippen LogP contribution in [0, 0.1) is 12.5 Å². The molecule has 2 N–H and O–H groups in total. The van der Waals surface area contributed by atoms with Crippen LogP contribution in [0.4, 0.5) is 0 Å². The van der Waals surface area contributed by atoms with Gasteiger partial charge in [-0.25, -0.2) is 0 Å². The van der Waals surface area contributed by atoms with Crippen LogP contribution in [0.15, 0.2) is 0 Å². The lowest BCUT2D eigenvalue weighted by molar-refractivity contribution is 0.249. The van der Waals surface area contributed by atoms with E-state index in [1.165, 1.54) is 0 Å². The van der Waals surface area contributed by atoms with Crippen molar-refractivity contribution in [3.63, 3.8) is 0 Å². The first-order chi connectivity index (χ1) is 3.43. The second-order valence-corrected chi connectivity index (χ2v) is 1.79. The summed E-state index contributed by atoms with van der Waals surface area (Å²) >= 11 is 0. The molecule has 0 bridgehead atoms. The zero-order valence-corrected chi connectivity index (χ0v) is 4.26. The molecule has 0 aromatic carbocycles. The summed E-state index contributed by atoms with van der Waals surface area (Å²) in [6, 6.07) is 0. The van der Waals surface area contributed by atoms with Crippen molar-refractivity contribution in [2.45, 2.75) is 6.42 Å². The molecule has 1 aliphatic heterocycles. The van der Waals surface area contributed by atoms with Gasteiger partial charge in [-0.2, -0.15) is 0 Å². The Labute approximate surface area is 43.6 Å². The maximum absolute atomic E-state index is 5.32. The largest absolute Gasteiger partial charge is 0.375 e. The molecule has 0 aromatic rings. The Kier molecular flexibility index (Phi) is 1.65. The molecular weight excluding hydrogens is 90.1 g/mol. The van der Waals surface area contributed by atoms with Crippen molar-refractivity contribution in [3.8, 4) is 0 Å². The standard InChI is InChI=1S/C5H10NO/c6-3-5-1-2-7-4-5/h4-5H,1-3,6H2. The molecule has 0 saturated carbocycles. The normalized spacial score (nSPS) is 31.3. The fourth-order valence-electron chi connectivity index (χ4n) is 0.665. The van der Waals surface area contributed by atoms with E-state index in [2.05, 4.69) is 0 Å². The van der Waals surface area contributed by atoms with E-state index in [1.54, 1.807) is 0 Å². The molecule has 0 aromatic heterocycles. The first-order valence-electron chi connectivity index (χ1n) is 2.58. The highest BCUT2D eigenvalue weighted by molar-refractivity contribution is 4.73. The van der Waals surface area contributed by atoms with E-state index >= 15 is 0 Å². The molecule has 2 nitrogen and oxygen atoms in total. The van der Waals surface area contributed by atoms with Gasteiger partial charge in [0, 0.05) is 12.5 Å². The van der Waals surface area contributed by atoms with Crippen molar-refractivity contribution in [3.05, 3.63) is 6.61 Å². The number of ether oxygens (including phenoxy) is 1. The maximum atomic E-state index is 5.32. The zero-order chi connectivity index (χ0) is 5.11. The predicted octanol–water partition coefficient (Wildman–Crippen LogP) is 0.143. The van der Waals surface area contributed by atoms with Gasteiger partial charge in [0.05, 0.1) is 6.61 Å². The SMILES string of the molecule is NCC1[CH]OCC1. The molecule has 1 rings (SSSR count). The third-order valence-corrected chi connectivity index (χ3v) is 1.20. The average Bonchev–Trinajstić information content (AvgIpc) is 2.14. The smallest absolute Gasteiger partial charge is 0.0880 e. The molecule has 0 spiro atoms. The number of rotatable bonds is 1. The summed E-state index contributed by atoms with van der Waals surface area (Å²) in [4.78, 5) is 0. The molecule has 1 fully saturated rings. The van der Waals surface area contributed by atoms with Crippen LogP contribution in [0.25, 0.3) is 0 Å². The highest BCUT2D eigenvalue weighted by Gasteiger charge is 2.12. The molecule has 1 aliphatic rings. The topological polar surface area (TPSA) is 35.2 Å². The lowest BCUT2D eigenvalue weighted by atomic mass is 10.1.